The Kier molecular flexibility index (Phi) is 6.32. The number of urea groups is 1. The van der Waals surface area contributed by atoms with Gasteiger partial charge in [-0.05, 0) is 49.3 Å². The maximum absolute atomic E-state index is 12.5. The van der Waals surface area contributed by atoms with Gasteiger partial charge in [-0.3, -0.25) is 9.59 Å². The number of nitrogens with one attached hydrogen (secondary N) is 3. The molecule has 1 aromatic carbocycles. The van der Waals surface area contributed by atoms with Crippen LogP contribution < -0.4 is 16.0 Å². The standard InChI is InChI=1S/C20H28N4O3/c1-14(25)23-18-6-2-4-16(10-18)12-22-20(27)24-9-3-5-17(13-24)19(26)21-11-15-7-8-15/h2,4,6,10,15,17H,3,5,7-9,11-13H2,1H3,(H,21,26)(H,22,27)(H,23,25)/t17-/m1/s1. The van der Waals surface area contributed by atoms with Gasteiger partial charge in [0, 0.05) is 38.8 Å². The van der Waals surface area contributed by atoms with Gasteiger partial charge in [0.1, 0.15) is 0 Å². The van der Waals surface area contributed by atoms with E-state index in [1.54, 1.807) is 4.90 Å². The Morgan fingerprint density at radius 2 is 1.96 bits per heavy atom. The fourth-order valence-electron chi connectivity index (χ4n) is 3.34. The van der Waals surface area contributed by atoms with Crippen LogP contribution in [0, 0.1) is 11.8 Å². The summed E-state index contributed by atoms with van der Waals surface area (Å²) in [5, 5.41) is 8.67. The van der Waals surface area contributed by atoms with Crippen molar-refractivity contribution in [2.75, 3.05) is 25.0 Å². The first-order valence-electron chi connectivity index (χ1n) is 9.68. The molecule has 4 amide bonds. The van der Waals surface area contributed by atoms with Crippen LogP contribution in [0.15, 0.2) is 24.3 Å². The second-order valence-corrected chi connectivity index (χ2v) is 7.51. The maximum atomic E-state index is 12.5. The van der Waals surface area contributed by atoms with Gasteiger partial charge in [0.2, 0.25) is 11.8 Å². The van der Waals surface area contributed by atoms with Crippen molar-refractivity contribution >= 4 is 23.5 Å². The fraction of sp³-hybridized carbons (Fsp3) is 0.550. The predicted molar refractivity (Wildman–Crippen MR) is 103 cm³/mol. The molecule has 7 heteroatoms. The lowest BCUT2D eigenvalue weighted by Gasteiger charge is -2.32. The smallest absolute Gasteiger partial charge is 0.317 e. The van der Waals surface area contributed by atoms with Gasteiger partial charge in [-0.2, -0.15) is 0 Å². The van der Waals surface area contributed by atoms with Crippen molar-refractivity contribution < 1.29 is 14.4 Å². The molecule has 3 rings (SSSR count). The van der Waals surface area contributed by atoms with Gasteiger partial charge in [0.05, 0.1) is 5.92 Å². The van der Waals surface area contributed by atoms with Crippen LogP contribution in [0.4, 0.5) is 10.5 Å². The van der Waals surface area contributed by atoms with E-state index in [0.717, 1.165) is 24.9 Å². The van der Waals surface area contributed by atoms with Crippen molar-refractivity contribution in [1.82, 2.24) is 15.5 Å². The van der Waals surface area contributed by atoms with Crippen molar-refractivity contribution in [2.24, 2.45) is 11.8 Å². The number of carbonyl (C=O) groups is 3. The number of rotatable bonds is 6. The minimum absolute atomic E-state index is 0.0717. The second kappa shape index (κ2) is 8.88. The lowest BCUT2D eigenvalue weighted by Crippen LogP contribution is -2.48. The first-order chi connectivity index (χ1) is 13.0. The molecular formula is C20H28N4O3. The molecule has 3 N–H and O–H groups in total. The Hall–Kier alpha value is -2.57. The zero-order valence-electron chi connectivity index (χ0n) is 15.8. The number of hydrogen-bond donors (Lipinski definition) is 3. The van der Waals surface area contributed by atoms with E-state index in [0.29, 0.717) is 31.2 Å². The van der Waals surface area contributed by atoms with Gasteiger partial charge < -0.3 is 20.9 Å². The first kappa shape index (κ1) is 19.2. The normalized spacial score (nSPS) is 19.3. The first-order valence-corrected chi connectivity index (χ1v) is 9.68. The van der Waals surface area contributed by atoms with Crippen LogP contribution in [0.2, 0.25) is 0 Å². The molecule has 1 aliphatic heterocycles. The summed E-state index contributed by atoms with van der Waals surface area (Å²) in [4.78, 5) is 37.7. The lowest BCUT2D eigenvalue weighted by atomic mass is 9.97. The topological polar surface area (TPSA) is 90.5 Å². The van der Waals surface area contributed by atoms with Crippen molar-refractivity contribution in [2.45, 2.75) is 39.2 Å². The Labute approximate surface area is 159 Å². The minimum Gasteiger partial charge on any atom is -0.356 e. The van der Waals surface area contributed by atoms with Gasteiger partial charge in [-0.1, -0.05) is 12.1 Å². The van der Waals surface area contributed by atoms with E-state index in [-0.39, 0.29) is 23.8 Å². The lowest BCUT2D eigenvalue weighted by molar-refractivity contribution is -0.126. The van der Waals surface area contributed by atoms with Crippen LogP contribution >= 0.6 is 0 Å². The molecule has 146 valence electrons. The highest BCUT2D eigenvalue weighted by atomic mass is 16.2. The quantitative estimate of drug-likeness (QED) is 0.714. The molecule has 2 fully saturated rings. The van der Waals surface area contributed by atoms with Crippen LogP contribution in [-0.2, 0) is 16.1 Å². The predicted octanol–water partition coefficient (Wildman–Crippen LogP) is 2.09. The number of carbonyl (C=O) groups excluding carboxylic acids is 3. The average molecular weight is 372 g/mol. The third-order valence-corrected chi connectivity index (χ3v) is 5.03. The van der Waals surface area contributed by atoms with Crippen LogP contribution in [0.1, 0.15) is 38.2 Å². The third kappa shape index (κ3) is 5.98. The average Bonchev–Trinajstić information content (AvgIpc) is 3.48. The largest absolute Gasteiger partial charge is 0.356 e. The van der Waals surface area contributed by atoms with E-state index in [9.17, 15) is 14.4 Å². The monoisotopic (exact) mass is 372 g/mol. The molecule has 2 aliphatic rings. The molecule has 0 radical (unpaired) electrons. The van der Waals surface area contributed by atoms with E-state index >= 15 is 0 Å². The Bertz CT molecular complexity index is 702. The maximum Gasteiger partial charge on any atom is 0.317 e. The van der Waals surface area contributed by atoms with Gasteiger partial charge in [-0.25, -0.2) is 4.79 Å². The van der Waals surface area contributed by atoms with Crippen molar-refractivity contribution in [3.8, 4) is 0 Å². The van der Waals surface area contributed by atoms with Crippen LogP contribution in [-0.4, -0.2) is 42.4 Å². The minimum atomic E-state index is -0.153. The van der Waals surface area contributed by atoms with Crippen molar-refractivity contribution in [3.05, 3.63) is 29.8 Å². The van der Waals surface area contributed by atoms with Crippen molar-refractivity contribution in [1.29, 1.82) is 0 Å². The highest BCUT2D eigenvalue weighted by Gasteiger charge is 2.29. The fourth-order valence-corrected chi connectivity index (χ4v) is 3.34. The molecule has 0 spiro atoms. The third-order valence-electron chi connectivity index (χ3n) is 5.03. The molecule has 0 unspecified atom stereocenters. The molecule has 7 nitrogen and oxygen atoms in total. The number of nitrogens with zero attached hydrogens (tertiary/aromatic N) is 1. The number of hydrogen-bond acceptors (Lipinski definition) is 3. The van der Waals surface area contributed by atoms with Crippen LogP contribution in [0.25, 0.3) is 0 Å². The zero-order valence-corrected chi connectivity index (χ0v) is 15.8. The molecule has 1 atom stereocenters. The number of amides is 4. The second-order valence-electron chi connectivity index (χ2n) is 7.51. The Morgan fingerprint density at radius 1 is 1.15 bits per heavy atom. The number of anilines is 1. The molecule has 1 saturated heterocycles. The number of likely N-dealkylation sites (tertiary alicyclic amines) is 1. The highest BCUT2D eigenvalue weighted by molar-refractivity contribution is 5.88. The molecule has 1 saturated carbocycles. The molecule has 0 aromatic heterocycles. The van der Waals surface area contributed by atoms with E-state index < -0.39 is 0 Å². The number of piperidine rings is 1. The van der Waals surface area contributed by atoms with Gasteiger partial charge in [-0.15, -0.1) is 0 Å². The molecule has 1 aliphatic carbocycles. The molecule has 1 heterocycles. The van der Waals surface area contributed by atoms with Crippen molar-refractivity contribution in [3.63, 3.8) is 0 Å². The summed E-state index contributed by atoms with van der Waals surface area (Å²) in [6, 6.07) is 7.23. The van der Waals surface area contributed by atoms with Gasteiger partial charge >= 0.3 is 6.03 Å². The summed E-state index contributed by atoms with van der Waals surface area (Å²) < 4.78 is 0. The van der Waals surface area contributed by atoms with E-state index in [1.165, 1.54) is 19.8 Å². The van der Waals surface area contributed by atoms with Crippen LogP contribution in [0.3, 0.4) is 0 Å². The summed E-state index contributed by atoms with van der Waals surface area (Å²) in [5.74, 6) is 0.481. The van der Waals surface area contributed by atoms with Crippen LogP contribution in [0.5, 0.6) is 0 Å². The van der Waals surface area contributed by atoms with E-state index in [4.69, 9.17) is 0 Å². The summed E-state index contributed by atoms with van der Waals surface area (Å²) in [6.07, 6.45) is 4.09. The zero-order chi connectivity index (χ0) is 19.2. The SMILES string of the molecule is CC(=O)Nc1cccc(CNC(=O)N2CCC[C@@H](C(=O)NCC3CC3)C2)c1. The van der Waals surface area contributed by atoms with Gasteiger partial charge in [0.25, 0.3) is 0 Å². The van der Waals surface area contributed by atoms with Gasteiger partial charge in [0.15, 0.2) is 0 Å². The summed E-state index contributed by atoms with van der Waals surface area (Å²) in [5.41, 5.74) is 1.62. The molecule has 0 bridgehead atoms. The molecule has 27 heavy (non-hydrogen) atoms. The summed E-state index contributed by atoms with van der Waals surface area (Å²) in [7, 11) is 0. The van der Waals surface area contributed by atoms with E-state index in [1.807, 2.05) is 24.3 Å². The number of benzene rings is 1. The summed E-state index contributed by atoms with van der Waals surface area (Å²) >= 11 is 0. The Morgan fingerprint density at radius 3 is 2.70 bits per heavy atom. The molecule has 1 aromatic rings. The highest BCUT2D eigenvalue weighted by Crippen LogP contribution is 2.28. The molecular weight excluding hydrogens is 344 g/mol. The summed E-state index contributed by atoms with van der Waals surface area (Å²) in [6.45, 7) is 3.74. The van der Waals surface area contributed by atoms with E-state index in [2.05, 4.69) is 16.0 Å². The Balaban J connectivity index is 1.47.